The smallest absolute Gasteiger partial charge is 0.406 e. The average Bonchev–Trinajstić information content (AvgIpc) is 2.93. The number of hydrogen-bond donors (Lipinski definition) is 2. The second-order valence-corrected chi connectivity index (χ2v) is 7.55. The first-order valence-corrected chi connectivity index (χ1v) is 9.81. The summed E-state index contributed by atoms with van der Waals surface area (Å²) in [6.45, 7) is 3.25. The summed E-state index contributed by atoms with van der Waals surface area (Å²) in [4.78, 5) is 38.3. The molecule has 1 saturated heterocycles. The fraction of sp³-hybridized carbons (Fsp3) is 0.318. The zero-order valence-electron chi connectivity index (χ0n) is 17.5. The number of amides is 4. The topological polar surface area (TPSA) is 87.7 Å². The number of imide groups is 1. The third-order valence-corrected chi connectivity index (χ3v) is 5.22. The molecule has 0 radical (unpaired) electrons. The van der Waals surface area contributed by atoms with Crippen LogP contribution >= 0.6 is 0 Å². The minimum atomic E-state index is -4.84. The first-order valence-electron chi connectivity index (χ1n) is 9.81. The molecule has 0 bridgehead atoms. The van der Waals surface area contributed by atoms with Crippen LogP contribution in [0, 0.1) is 6.92 Å². The molecule has 7 nitrogen and oxygen atoms in total. The molecule has 1 aliphatic rings. The van der Waals surface area contributed by atoms with Crippen LogP contribution in [0.25, 0.3) is 0 Å². The minimum Gasteiger partial charge on any atom is -0.406 e. The summed E-state index contributed by atoms with van der Waals surface area (Å²) in [5.74, 6) is -1.63. The van der Waals surface area contributed by atoms with E-state index in [1.165, 1.54) is 19.1 Å². The Balaban J connectivity index is 1.61. The lowest BCUT2D eigenvalue weighted by Gasteiger charge is -2.22. The van der Waals surface area contributed by atoms with Gasteiger partial charge in [0.2, 0.25) is 5.91 Å². The maximum absolute atomic E-state index is 12.9. The highest BCUT2D eigenvalue weighted by Gasteiger charge is 2.49. The molecular formula is C22H22F3N3O4. The molecule has 10 heteroatoms. The molecule has 170 valence electrons. The average molecular weight is 449 g/mol. The molecule has 3 rings (SSSR count). The van der Waals surface area contributed by atoms with Crippen molar-refractivity contribution in [2.75, 3.05) is 13.1 Å². The van der Waals surface area contributed by atoms with Crippen molar-refractivity contribution in [3.05, 3.63) is 65.2 Å². The molecule has 0 spiro atoms. The largest absolute Gasteiger partial charge is 0.573 e. The highest BCUT2D eigenvalue weighted by Crippen LogP contribution is 2.31. The van der Waals surface area contributed by atoms with Crippen LogP contribution in [0.3, 0.4) is 0 Å². The van der Waals surface area contributed by atoms with E-state index >= 15 is 0 Å². The van der Waals surface area contributed by atoms with Crippen LogP contribution in [0.2, 0.25) is 0 Å². The molecule has 2 aromatic rings. The monoisotopic (exact) mass is 449 g/mol. The molecule has 32 heavy (non-hydrogen) atoms. The van der Waals surface area contributed by atoms with Crippen LogP contribution in [0.15, 0.2) is 48.5 Å². The number of benzene rings is 2. The molecule has 1 unspecified atom stereocenters. The number of alkyl halides is 3. The predicted octanol–water partition coefficient (Wildman–Crippen LogP) is 3.02. The van der Waals surface area contributed by atoms with E-state index in [-0.39, 0.29) is 5.56 Å². The lowest BCUT2D eigenvalue weighted by atomic mass is 9.92. The summed E-state index contributed by atoms with van der Waals surface area (Å²) in [5.41, 5.74) is 0.911. The summed E-state index contributed by atoms with van der Waals surface area (Å²) in [5, 5.41) is 5.19. The number of carbonyl (C=O) groups is 3. The van der Waals surface area contributed by atoms with E-state index in [0.717, 1.165) is 28.2 Å². The quantitative estimate of drug-likeness (QED) is 0.637. The Kier molecular flexibility index (Phi) is 6.42. The van der Waals surface area contributed by atoms with E-state index in [0.29, 0.717) is 13.0 Å². The lowest BCUT2D eigenvalue weighted by molar-refractivity contribution is -0.274. The van der Waals surface area contributed by atoms with Crippen molar-refractivity contribution in [1.29, 1.82) is 0 Å². The Labute approximate surface area is 182 Å². The summed E-state index contributed by atoms with van der Waals surface area (Å²) >= 11 is 0. The first kappa shape index (κ1) is 23.1. The van der Waals surface area contributed by atoms with Crippen LogP contribution in [-0.4, -0.2) is 42.2 Å². The number of halogens is 3. The second kappa shape index (κ2) is 8.89. The van der Waals surface area contributed by atoms with Crippen LogP contribution in [-0.2, 0) is 21.5 Å². The Morgan fingerprint density at radius 2 is 1.78 bits per heavy atom. The number of hydrogen-bond acceptors (Lipinski definition) is 4. The Morgan fingerprint density at radius 3 is 2.41 bits per heavy atom. The molecule has 0 saturated carbocycles. The van der Waals surface area contributed by atoms with Gasteiger partial charge in [0, 0.05) is 6.54 Å². The fourth-order valence-electron chi connectivity index (χ4n) is 3.45. The number of ether oxygens (including phenoxy) is 1. The number of urea groups is 1. The molecule has 1 atom stereocenters. The van der Waals surface area contributed by atoms with Gasteiger partial charge in [-0.25, -0.2) is 4.79 Å². The standard InChI is InChI=1S/C22H22F3N3O4/c1-14-5-3-4-6-15(14)11-12-26-18(29)13-28-19(30)21(2,27-20(28)31)16-7-9-17(10-8-16)32-22(23,24)25/h3-10H,11-13H2,1-2H3,(H,26,29)(H,27,31). The van der Waals surface area contributed by atoms with Crippen LogP contribution in [0.5, 0.6) is 5.75 Å². The summed E-state index contributed by atoms with van der Waals surface area (Å²) in [7, 11) is 0. The van der Waals surface area contributed by atoms with Crippen LogP contribution in [0.1, 0.15) is 23.6 Å². The maximum atomic E-state index is 12.9. The van der Waals surface area contributed by atoms with Crippen molar-refractivity contribution in [1.82, 2.24) is 15.5 Å². The van der Waals surface area contributed by atoms with Crippen molar-refractivity contribution in [2.24, 2.45) is 0 Å². The van der Waals surface area contributed by atoms with Gasteiger partial charge in [0.1, 0.15) is 17.8 Å². The highest BCUT2D eigenvalue weighted by molar-refractivity contribution is 6.09. The third kappa shape index (κ3) is 5.19. The van der Waals surface area contributed by atoms with Gasteiger partial charge < -0.3 is 15.4 Å². The Hall–Kier alpha value is -3.56. The molecule has 2 aromatic carbocycles. The van der Waals surface area contributed by atoms with Gasteiger partial charge in [-0.2, -0.15) is 0 Å². The van der Waals surface area contributed by atoms with Crippen LogP contribution in [0.4, 0.5) is 18.0 Å². The zero-order valence-corrected chi connectivity index (χ0v) is 17.5. The van der Waals surface area contributed by atoms with E-state index in [2.05, 4.69) is 15.4 Å². The zero-order chi connectivity index (χ0) is 23.5. The number of nitrogens with one attached hydrogen (secondary N) is 2. The maximum Gasteiger partial charge on any atom is 0.573 e. The van der Waals surface area contributed by atoms with E-state index in [9.17, 15) is 27.6 Å². The van der Waals surface area contributed by atoms with E-state index in [4.69, 9.17) is 0 Å². The highest BCUT2D eigenvalue weighted by atomic mass is 19.4. The summed E-state index contributed by atoms with van der Waals surface area (Å²) < 4.78 is 40.8. The molecule has 0 aromatic heterocycles. The van der Waals surface area contributed by atoms with Gasteiger partial charge in [-0.15, -0.1) is 13.2 Å². The number of carbonyl (C=O) groups excluding carboxylic acids is 3. The first-order chi connectivity index (χ1) is 15.0. The summed E-state index contributed by atoms with van der Waals surface area (Å²) in [6, 6.07) is 11.6. The minimum absolute atomic E-state index is 0.257. The SMILES string of the molecule is Cc1ccccc1CCNC(=O)CN1C(=O)NC(C)(c2ccc(OC(F)(F)F)cc2)C1=O. The van der Waals surface area contributed by atoms with Crippen molar-refractivity contribution in [3.63, 3.8) is 0 Å². The van der Waals surface area contributed by atoms with E-state index < -0.39 is 42.0 Å². The van der Waals surface area contributed by atoms with Gasteiger partial charge in [0.15, 0.2) is 0 Å². The molecule has 2 N–H and O–H groups in total. The number of nitrogens with zero attached hydrogens (tertiary/aromatic N) is 1. The Morgan fingerprint density at radius 1 is 1.12 bits per heavy atom. The van der Waals surface area contributed by atoms with Crippen molar-refractivity contribution in [3.8, 4) is 5.75 Å². The normalized spacial score (nSPS) is 18.5. The lowest BCUT2D eigenvalue weighted by Crippen LogP contribution is -2.43. The van der Waals surface area contributed by atoms with Gasteiger partial charge >= 0.3 is 12.4 Å². The van der Waals surface area contributed by atoms with Crippen molar-refractivity contribution >= 4 is 17.8 Å². The van der Waals surface area contributed by atoms with Gasteiger partial charge in [0.25, 0.3) is 5.91 Å². The molecular weight excluding hydrogens is 427 g/mol. The van der Waals surface area contributed by atoms with Crippen LogP contribution < -0.4 is 15.4 Å². The van der Waals surface area contributed by atoms with Gasteiger partial charge in [-0.05, 0) is 49.1 Å². The van der Waals surface area contributed by atoms with Crippen molar-refractivity contribution < 1.29 is 32.3 Å². The fourth-order valence-corrected chi connectivity index (χ4v) is 3.45. The third-order valence-electron chi connectivity index (χ3n) is 5.22. The predicted molar refractivity (Wildman–Crippen MR) is 109 cm³/mol. The van der Waals surface area contributed by atoms with E-state index in [1.807, 2.05) is 31.2 Å². The summed E-state index contributed by atoms with van der Waals surface area (Å²) in [6.07, 6.45) is -4.24. The molecule has 0 aliphatic carbocycles. The molecule has 1 heterocycles. The molecule has 4 amide bonds. The molecule has 1 fully saturated rings. The second-order valence-electron chi connectivity index (χ2n) is 7.55. The van der Waals surface area contributed by atoms with Gasteiger partial charge in [0.05, 0.1) is 0 Å². The number of rotatable bonds is 7. The van der Waals surface area contributed by atoms with E-state index in [1.54, 1.807) is 0 Å². The van der Waals surface area contributed by atoms with Crippen molar-refractivity contribution in [2.45, 2.75) is 32.2 Å². The van der Waals surface area contributed by atoms with Gasteiger partial charge in [-0.3, -0.25) is 14.5 Å². The Bertz CT molecular complexity index is 1020. The number of aryl methyl sites for hydroxylation is 1. The molecule has 1 aliphatic heterocycles. The van der Waals surface area contributed by atoms with Gasteiger partial charge in [-0.1, -0.05) is 36.4 Å².